The largest absolute Gasteiger partial charge is 0.506 e. The number of anilines is 1. The molecule has 0 atom stereocenters. The van der Waals surface area contributed by atoms with Crippen molar-refractivity contribution < 1.29 is 18.3 Å². The number of benzene rings is 2. The second kappa shape index (κ2) is 8.80. The Labute approximate surface area is 192 Å². The molecule has 0 spiro atoms. The number of phenols is 1. The van der Waals surface area contributed by atoms with Crippen molar-refractivity contribution in [1.82, 2.24) is 9.21 Å². The number of hydrogen-bond donors (Lipinski definition) is 2. The molecule has 0 saturated heterocycles. The Kier molecular flexibility index (Phi) is 6.73. The van der Waals surface area contributed by atoms with E-state index in [2.05, 4.69) is 37.2 Å². The van der Waals surface area contributed by atoms with Gasteiger partial charge in [0.2, 0.25) is 10.0 Å². The molecule has 0 fully saturated rings. The van der Waals surface area contributed by atoms with Crippen LogP contribution in [0.25, 0.3) is 11.6 Å². The van der Waals surface area contributed by atoms with Crippen LogP contribution in [0, 0.1) is 0 Å². The van der Waals surface area contributed by atoms with Crippen molar-refractivity contribution in [1.29, 1.82) is 0 Å². The number of phenolic OH excluding ortho intramolecular Hbond substituents is 1. The first kappa shape index (κ1) is 23.0. The fourth-order valence-electron chi connectivity index (χ4n) is 2.95. The fourth-order valence-corrected chi connectivity index (χ4v) is 5.36. The first-order valence-corrected chi connectivity index (χ1v) is 12.0. The molecular weight excluding hydrogens is 538 g/mol. The monoisotopic (exact) mass is 557 g/mol. The Hall–Kier alpha value is -1.72. The zero-order valence-electron chi connectivity index (χ0n) is 16.6. The lowest BCUT2D eigenvalue weighted by Crippen LogP contribution is -2.33. The minimum Gasteiger partial charge on any atom is -0.506 e. The van der Waals surface area contributed by atoms with E-state index in [-0.39, 0.29) is 16.6 Å². The predicted molar refractivity (Wildman–Crippen MR) is 125 cm³/mol. The first-order valence-electron chi connectivity index (χ1n) is 8.97. The van der Waals surface area contributed by atoms with Crippen molar-refractivity contribution in [3.63, 3.8) is 0 Å². The van der Waals surface area contributed by atoms with Crippen molar-refractivity contribution in [2.45, 2.75) is 4.90 Å². The van der Waals surface area contributed by atoms with E-state index in [9.17, 15) is 18.3 Å². The number of nitrogens with zero attached hydrogens (tertiary/aromatic N) is 2. The molecule has 10 heteroatoms. The van der Waals surface area contributed by atoms with Gasteiger partial charge in [-0.1, -0.05) is 0 Å². The predicted octanol–water partition coefficient (Wildman–Crippen LogP) is 3.59. The molecule has 1 aliphatic heterocycles. The number of halogens is 2. The smallest absolute Gasteiger partial charge is 0.256 e. The molecule has 0 aliphatic carbocycles. The summed E-state index contributed by atoms with van der Waals surface area (Å²) in [5.74, 6) is -0.261. The number of aromatic hydroxyl groups is 1. The van der Waals surface area contributed by atoms with Crippen LogP contribution in [0.5, 0.6) is 5.75 Å². The molecule has 0 unspecified atom stereocenters. The topological polar surface area (TPSA) is 90.0 Å². The molecule has 3 rings (SSSR count). The van der Waals surface area contributed by atoms with Crippen molar-refractivity contribution in [3.8, 4) is 5.75 Å². The van der Waals surface area contributed by atoms with Crippen LogP contribution in [0.4, 0.5) is 5.69 Å². The highest BCUT2D eigenvalue weighted by molar-refractivity contribution is 9.11. The molecule has 2 aromatic rings. The molecule has 1 aliphatic rings. The molecule has 160 valence electrons. The lowest BCUT2D eigenvalue weighted by molar-refractivity contribution is -0.110. The van der Waals surface area contributed by atoms with Gasteiger partial charge in [0, 0.05) is 37.0 Å². The van der Waals surface area contributed by atoms with Gasteiger partial charge in [0.15, 0.2) is 0 Å². The fraction of sp³-hybridized carbons (Fsp3) is 0.250. The van der Waals surface area contributed by atoms with E-state index in [1.54, 1.807) is 24.3 Å². The van der Waals surface area contributed by atoms with Gasteiger partial charge in [-0.25, -0.2) is 8.42 Å². The van der Waals surface area contributed by atoms with Crippen LogP contribution in [0.1, 0.15) is 11.1 Å². The molecule has 7 nitrogen and oxygen atoms in total. The second-order valence-corrected chi connectivity index (χ2v) is 10.9. The third-order valence-electron chi connectivity index (χ3n) is 4.69. The zero-order valence-corrected chi connectivity index (χ0v) is 20.6. The summed E-state index contributed by atoms with van der Waals surface area (Å²) in [6.45, 7) is 0.943. The Morgan fingerprint density at radius 3 is 2.30 bits per heavy atom. The molecule has 0 saturated carbocycles. The normalized spacial score (nSPS) is 15.2. The second-order valence-electron chi connectivity index (χ2n) is 7.18. The van der Waals surface area contributed by atoms with E-state index in [0.29, 0.717) is 44.4 Å². The lowest BCUT2D eigenvalue weighted by atomic mass is 10.0. The van der Waals surface area contributed by atoms with Gasteiger partial charge in [0.1, 0.15) is 5.75 Å². The molecule has 0 radical (unpaired) electrons. The Bertz CT molecular complexity index is 1120. The van der Waals surface area contributed by atoms with Crippen LogP contribution >= 0.6 is 31.9 Å². The van der Waals surface area contributed by atoms with Gasteiger partial charge >= 0.3 is 0 Å². The molecule has 0 bridgehead atoms. The summed E-state index contributed by atoms with van der Waals surface area (Å²) >= 11 is 6.55. The Morgan fingerprint density at radius 1 is 1.07 bits per heavy atom. The molecule has 1 heterocycles. The Morgan fingerprint density at radius 2 is 1.70 bits per heavy atom. The molecule has 0 aromatic heterocycles. The molecule has 30 heavy (non-hydrogen) atoms. The van der Waals surface area contributed by atoms with E-state index < -0.39 is 10.0 Å². The van der Waals surface area contributed by atoms with Crippen molar-refractivity contribution in [3.05, 3.63) is 50.4 Å². The van der Waals surface area contributed by atoms with E-state index in [0.717, 1.165) is 0 Å². The SMILES string of the molecule is CN(C)CCN(C)S(=O)(=O)c1ccc2c(c1)C(=Cc1cc(Br)c(O)c(Br)c1)C(=O)N2. The van der Waals surface area contributed by atoms with Crippen LogP contribution in [0.3, 0.4) is 0 Å². The van der Waals surface area contributed by atoms with Crippen LogP contribution in [0.15, 0.2) is 44.2 Å². The number of amides is 1. The van der Waals surface area contributed by atoms with E-state index in [1.165, 1.54) is 23.5 Å². The standard InChI is InChI=1S/C20H21Br2N3O4S/c1-24(2)6-7-25(3)30(28,29)13-4-5-18-14(11-13)15(20(27)23-18)8-12-9-16(21)19(26)17(22)10-12/h4-5,8-11,26H,6-7H2,1-3H3,(H,23,27). The van der Waals surface area contributed by atoms with Crippen LogP contribution in [-0.4, -0.2) is 62.9 Å². The summed E-state index contributed by atoms with van der Waals surface area (Å²) in [6.07, 6.45) is 1.66. The van der Waals surface area contributed by atoms with Gasteiger partial charge in [-0.2, -0.15) is 4.31 Å². The first-order chi connectivity index (χ1) is 14.0. The van der Waals surface area contributed by atoms with Crippen LogP contribution in [0.2, 0.25) is 0 Å². The highest BCUT2D eigenvalue weighted by Crippen LogP contribution is 2.38. The molecular formula is C20H21Br2N3O4S. The number of carbonyl (C=O) groups excluding carboxylic acids is 1. The highest BCUT2D eigenvalue weighted by Gasteiger charge is 2.28. The van der Waals surface area contributed by atoms with E-state index >= 15 is 0 Å². The molecule has 2 aromatic carbocycles. The minimum absolute atomic E-state index is 0.0579. The summed E-state index contributed by atoms with van der Waals surface area (Å²) in [5, 5.41) is 12.7. The summed E-state index contributed by atoms with van der Waals surface area (Å²) in [7, 11) is 1.60. The summed E-state index contributed by atoms with van der Waals surface area (Å²) < 4.78 is 28.2. The van der Waals surface area contributed by atoms with Gasteiger partial charge in [-0.05, 0) is 87.9 Å². The van der Waals surface area contributed by atoms with Gasteiger partial charge in [-0.3, -0.25) is 4.79 Å². The number of sulfonamides is 1. The van der Waals surface area contributed by atoms with Gasteiger partial charge in [-0.15, -0.1) is 0 Å². The molecule has 2 N–H and O–H groups in total. The molecule has 1 amide bonds. The van der Waals surface area contributed by atoms with E-state index in [1.807, 2.05) is 19.0 Å². The number of carbonyl (C=O) groups is 1. The number of hydrogen-bond acceptors (Lipinski definition) is 5. The number of rotatable bonds is 6. The highest BCUT2D eigenvalue weighted by atomic mass is 79.9. The Balaban J connectivity index is 2.01. The summed E-state index contributed by atoms with van der Waals surface area (Å²) in [6, 6.07) is 7.97. The average molecular weight is 559 g/mol. The zero-order chi connectivity index (χ0) is 22.2. The van der Waals surface area contributed by atoms with Crippen molar-refractivity contribution in [2.24, 2.45) is 0 Å². The third-order valence-corrected chi connectivity index (χ3v) is 7.76. The van der Waals surface area contributed by atoms with Crippen LogP contribution < -0.4 is 5.32 Å². The van der Waals surface area contributed by atoms with E-state index in [4.69, 9.17) is 0 Å². The number of nitrogens with one attached hydrogen (secondary N) is 1. The minimum atomic E-state index is -3.70. The van der Waals surface area contributed by atoms with Gasteiger partial charge in [0.05, 0.1) is 13.8 Å². The maximum atomic E-state index is 13.0. The summed E-state index contributed by atoms with van der Waals surface area (Å²) in [5.41, 5.74) is 2.09. The maximum Gasteiger partial charge on any atom is 0.256 e. The lowest BCUT2D eigenvalue weighted by Gasteiger charge is -2.19. The maximum absolute atomic E-state index is 13.0. The number of fused-ring (bicyclic) bond motifs is 1. The third kappa shape index (κ3) is 4.62. The summed E-state index contributed by atoms with van der Waals surface area (Å²) in [4.78, 5) is 14.6. The number of likely N-dealkylation sites (N-methyl/N-ethyl adjacent to an activating group) is 2. The van der Waals surface area contributed by atoms with Gasteiger partial charge in [0.25, 0.3) is 5.91 Å². The average Bonchev–Trinajstić information content (AvgIpc) is 2.98. The van der Waals surface area contributed by atoms with Gasteiger partial charge < -0.3 is 15.3 Å². The quantitative estimate of drug-likeness (QED) is 0.529. The van der Waals surface area contributed by atoms with Crippen LogP contribution in [-0.2, 0) is 14.8 Å². The van der Waals surface area contributed by atoms with Crippen molar-refractivity contribution in [2.75, 3.05) is 39.5 Å². The van der Waals surface area contributed by atoms with Crippen molar-refractivity contribution >= 4 is 65.1 Å².